The molecule has 3 rings (SSSR count). The molecule has 2 aromatic rings. The number of hydrogen-bond acceptors (Lipinski definition) is 6. The molecule has 1 fully saturated rings. The van der Waals surface area contributed by atoms with Crippen molar-refractivity contribution in [2.75, 3.05) is 26.3 Å². The molecule has 0 spiro atoms. The summed E-state index contributed by atoms with van der Waals surface area (Å²) in [6.07, 6.45) is 3.99. The largest absolute Gasteiger partial charge is 0.484 e. The molecule has 1 atom stereocenters. The smallest absolute Gasteiger partial charge is 0.355 e. The van der Waals surface area contributed by atoms with Crippen LogP contribution in [0, 0.1) is 6.92 Å². The number of amides is 2. The van der Waals surface area contributed by atoms with Crippen LogP contribution in [0.3, 0.4) is 0 Å². The molecule has 1 aromatic heterocycles. The second-order valence-corrected chi connectivity index (χ2v) is 7.70. The van der Waals surface area contributed by atoms with E-state index in [4.69, 9.17) is 20.8 Å². The highest BCUT2D eigenvalue weighted by Crippen LogP contribution is 2.25. The van der Waals surface area contributed by atoms with Crippen molar-refractivity contribution in [2.24, 2.45) is 0 Å². The Balaban J connectivity index is 1.61. The van der Waals surface area contributed by atoms with Crippen LogP contribution in [0.25, 0.3) is 11.0 Å². The number of rotatable bonds is 6. The predicted molar refractivity (Wildman–Crippen MR) is 112 cm³/mol. The number of ether oxygens (including phenoxy) is 1. The molecular weight excluding hydrogens is 412 g/mol. The van der Waals surface area contributed by atoms with Gasteiger partial charge in [0.25, 0.3) is 5.91 Å². The topological polar surface area (TPSA) is 109 Å². The number of benzene rings is 1. The van der Waals surface area contributed by atoms with E-state index in [1.807, 2.05) is 0 Å². The molecule has 8 nitrogen and oxygen atoms in total. The Morgan fingerprint density at radius 1 is 1.27 bits per heavy atom. The summed E-state index contributed by atoms with van der Waals surface area (Å²) in [6.45, 7) is 2.14. The van der Waals surface area contributed by atoms with Gasteiger partial charge in [-0.25, -0.2) is 4.79 Å². The summed E-state index contributed by atoms with van der Waals surface area (Å²) < 4.78 is 10.6. The predicted octanol–water partition coefficient (Wildman–Crippen LogP) is 2.01. The Bertz CT molecular complexity index is 981. The average molecular weight is 437 g/mol. The zero-order valence-electron chi connectivity index (χ0n) is 16.8. The Kier molecular flexibility index (Phi) is 7.33. The summed E-state index contributed by atoms with van der Waals surface area (Å²) in [5.41, 5.74) is 0.253. The third-order valence-electron chi connectivity index (χ3n) is 5.17. The van der Waals surface area contributed by atoms with Crippen LogP contribution in [0.2, 0.25) is 5.02 Å². The first-order valence-electron chi connectivity index (χ1n) is 9.95. The summed E-state index contributed by atoms with van der Waals surface area (Å²) in [5, 5.41) is 12.8. The zero-order chi connectivity index (χ0) is 21.7. The van der Waals surface area contributed by atoms with Gasteiger partial charge in [0.15, 0.2) is 6.61 Å². The normalized spacial score (nSPS) is 15.5. The van der Waals surface area contributed by atoms with Crippen LogP contribution in [0.15, 0.2) is 27.4 Å². The second-order valence-electron chi connectivity index (χ2n) is 7.32. The number of carbonyl (C=O) groups is 2. The number of halogens is 1. The Hall–Kier alpha value is -2.58. The van der Waals surface area contributed by atoms with Crippen molar-refractivity contribution in [3.8, 4) is 5.75 Å². The zero-order valence-corrected chi connectivity index (χ0v) is 17.5. The maximum Gasteiger partial charge on any atom is 0.355 e. The van der Waals surface area contributed by atoms with Gasteiger partial charge < -0.3 is 24.5 Å². The van der Waals surface area contributed by atoms with Crippen LogP contribution in [0.1, 0.15) is 31.2 Å². The van der Waals surface area contributed by atoms with Crippen molar-refractivity contribution in [1.82, 2.24) is 10.2 Å². The van der Waals surface area contributed by atoms with Crippen molar-refractivity contribution < 1.29 is 23.8 Å². The minimum atomic E-state index is -1.00. The molecule has 30 heavy (non-hydrogen) atoms. The fourth-order valence-electron chi connectivity index (χ4n) is 3.48. The van der Waals surface area contributed by atoms with E-state index in [0.717, 1.165) is 25.7 Å². The van der Waals surface area contributed by atoms with Gasteiger partial charge in [0.05, 0.1) is 6.61 Å². The van der Waals surface area contributed by atoms with E-state index < -0.39 is 24.2 Å². The number of aliphatic hydroxyl groups excluding tert-OH is 1. The van der Waals surface area contributed by atoms with Crippen LogP contribution >= 0.6 is 11.6 Å². The van der Waals surface area contributed by atoms with E-state index in [1.54, 1.807) is 24.0 Å². The van der Waals surface area contributed by atoms with Gasteiger partial charge in [-0.3, -0.25) is 9.59 Å². The minimum Gasteiger partial charge on any atom is -0.484 e. The fraction of sp³-hybridized carbons (Fsp3) is 0.476. The first-order chi connectivity index (χ1) is 14.4. The molecule has 0 saturated carbocycles. The van der Waals surface area contributed by atoms with Crippen molar-refractivity contribution in [1.29, 1.82) is 0 Å². The highest BCUT2D eigenvalue weighted by molar-refractivity contribution is 6.31. The van der Waals surface area contributed by atoms with Crippen LogP contribution in [0.5, 0.6) is 5.75 Å². The molecule has 2 N–H and O–H groups in total. The van der Waals surface area contributed by atoms with Gasteiger partial charge in [-0.05, 0) is 37.5 Å². The number of nitrogens with one attached hydrogen (secondary N) is 1. The molecular formula is C21H25ClN2O6. The van der Waals surface area contributed by atoms with Crippen LogP contribution in [-0.4, -0.2) is 54.2 Å². The highest BCUT2D eigenvalue weighted by atomic mass is 35.5. The second kappa shape index (κ2) is 9.95. The van der Waals surface area contributed by atoms with E-state index >= 15 is 0 Å². The molecule has 9 heteroatoms. The molecule has 1 aromatic carbocycles. The number of nitrogens with zero attached hydrogens (tertiary/aromatic N) is 1. The lowest BCUT2D eigenvalue weighted by Gasteiger charge is -2.25. The van der Waals surface area contributed by atoms with Gasteiger partial charge >= 0.3 is 5.63 Å². The third-order valence-corrected chi connectivity index (χ3v) is 5.61. The van der Waals surface area contributed by atoms with Gasteiger partial charge in [-0.2, -0.15) is 0 Å². The Morgan fingerprint density at radius 2 is 1.97 bits per heavy atom. The van der Waals surface area contributed by atoms with Crippen molar-refractivity contribution in [3.63, 3.8) is 0 Å². The molecule has 0 bridgehead atoms. The van der Waals surface area contributed by atoms with Crippen molar-refractivity contribution >= 4 is 34.4 Å². The summed E-state index contributed by atoms with van der Waals surface area (Å²) in [6, 6.07) is 3.81. The average Bonchev–Trinajstić information content (AvgIpc) is 3.03. The summed E-state index contributed by atoms with van der Waals surface area (Å²) in [4.78, 5) is 38.3. The molecule has 1 aliphatic rings. The molecule has 0 unspecified atom stereocenters. The third kappa shape index (κ3) is 5.12. The lowest BCUT2D eigenvalue weighted by atomic mass is 10.1. The van der Waals surface area contributed by atoms with Crippen molar-refractivity contribution in [3.05, 3.63) is 39.2 Å². The van der Waals surface area contributed by atoms with E-state index in [0.29, 0.717) is 35.4 Å². The standard InChI is InChI=1S/C21H25ClN2O6/c1-13-15-7-6-14(10-17(15)30-21(28)19(13)22)29-12-18(26)23-16(11-25)20(27)24-8-4-2-3-5-9-24/h6-7,10,16,25H,2-5,8-9,11-12H2,1H3,(H,23,26)/t16-/m0/s1. The molecule has 0 aliphatic carbocycles. The van der Waals surface area contributed by atoms with Crippen molar-refractivity contribution in [2.45, 2.75) is 38.6 Å². The maximum atomic E-state index is 12.6. The summed E-state index contributed by atoms with van der Waals surface area (Å²) >= 11 is 5.91. The van der Waals surface area contributed by atoms with Crippen LogP contribution in [-0.2, 0) is 9.59 Å². The monoisotopic (exact) mass is 436 g/mol. The number of aryl methyl sites for hydroxylation is 1. The number of hydrogen-bond donors (Lipinski definition) is 2. The van der Waals surface area contributed by atoms with Crippen LogP contribution < -0.4 is 15.7 Å². The van der Waals surface area contributed by atoms with Crippen LogP contribution in [0.4, 0.5) is 0 Å². The van der Waals surface area contributed by atoms with E-state index in [2.05, 4.69) is 5.32 Å². The summed E-state index contributed by atoms with van der Waals surface area (Å²) in [5.74, 6) is -0.499. The van der Waals surface area contributed by atoms with Gasteiger partial charge in [-0.15, -0.1) is 0 Å². The van der Waals surface area contributed by atoms with Gasteiger partial charge in [0.1, 0.15) is 22.4 Å². The van der Waals surface area contributed by atoms with Gasteiger partial charge in [0.2, 0.25) is 5.91 Å². The first kappa shape index (κ1) is 22.1. The first-order valence-corrected chi connectivity index (χ1v) is 10.3. The molecule has 1 saturated heterocycles. The fourth-order valence-corrected chi connectivity index (χ4v) is 3.62. The minimum absolute atomic E-state index is 0.0275. The van der Waals surface area contributed by atoms with E-state index in [1.165, 1.54) is 6.07 Å². The van der Waals surface area contributed by atoms with Gasteiger partial charge in [0, 0.05) is 24.5 Å². The van der Waals surface area contributed by atoms with Gasteiger partial charge in [-0.1, -0.05) is 24.4 Å². The number of likely N-dealkylation sites (tertiary alicyclic amines) is 1. The Labute approximate surface area is 178 Å². The lowest BCUT2D eigenvalue weighted by molar-refractivity contribution is -0.138. The van der Waals surface area contributed by atoms with E-state index in [-0.39, 0.29) is 17.5 Å². The molecule has 0 radical (unpaired) electrons. The van der Waals surface area contributed by atoms with E-state index in [9.17, 15) is 19.5 Å². The highest BCUT2D eigenvalue weighted by Gasteiger charge is 2.26. The molecule has 2 amide bonds. The number of carbonyl (C=O) groups excluding carboxylic acids is 2. The molecule has 2 heterocycles. The molecule has 1 aliphatic heterocycles. The number of aliphatic hydroxyl groups is 1. The molecule has 162 valence electrons. The maximum absolute atomic E-state index is 12.6. The SMILES string of the molecule is Cc1c(Cl)c(=O)oc2cc(OCC(=O)N[C@@H](CO)C(=O)N3CCCCCC3)ccc12. The number of fused-ring (bicyclic) bond motifs is 1. The lowest BCUT2D eigenvalue weighted by Crippen LogP contribution is -2.51. The Morgan fingerprint density at radius 3 is 2.63 bits per heavy atom. The quantitative estimate of drug-likeness (QED) is 0.670. The summed E-state index contributed by atoms with van der Waals surface area (Å²) in [7, 11) is 0.